The molecular weight excluding hydrogens is 360 g/mol. The minimum absolute atomic E-state index is 0.00465. The molecule has 0 unspecified atom stereocenters. The number of nitro groups is 1. The van der Waals surface area contributed by atoms with Crippen LogP contribution in [0.2, 0.25) is 5.02 Å². The highest BCUT2D eigenvalue weighted by atomic mass is 35.5. The first-order valence-corrected chi connectivity index (χ1v) is 8.06. The first kappa shape index (κ1) is 19.3. The van der Waals surface area contributed by atoms with Crippen LogP contribution in [0.1, 0.15) is 12.5 Å². The summed E-state index contributed by atoms with van der Waals surface area (Å²) in [5, 5.41) is 13.4. The van der Waals surface area contributed by atoms with Crippen LogP contribution < -0.4 is 14.8 Å². The molecule has 7 nitrogen and oxygen atoms in total. The molecule has 26 heavy (non-hydrogen) atoms. The molecule has 0 saturated heterocycles. The number of ether oxygens (including phenoxy) is 2. The Labute approximate surface area is 155 Å². The van der Waals surface area contributed by atoms with E-state index in [2.05, 4.69) is 5.32 Å². The zero-order valence-corrected chi connectivity index (χ0v) is 14.9. The zero-order chi connectivity index (χ0) is 19.1. The standard InChI is InChI=1S/C18H17ClN2O5/c1-3-26-16-8-4-12(10-17(16)25-2)5-9-18(22)20-13-6-7-14(19)15(11-13)21(23)24/h4-11H,3H2,1-2H3,(H,20,22)/b9-5+. The molecule has 2 aromatic carbocycles. The summed E-state index contributed by atoms with van der Waals surface area (Å²) in [4.78, 5) is 22.3. The second-order valence-corrected chi connectivity index (χ2v) is 5.50. The highest BCUT2D eigenvalue weighted by molar-refractivity contribution is 6.32. The number of halogens is 1. The number of benzene rings is 2. The Kier molecular flexibility index (Phi) is 6.57. The molecule has 0 radical (unpaired) electrons. The molecule has 0 aliphatic rings. The summed E-state index contributed by atoms with van der Waals surface area (Å²) in [7, 11) is 1.53. The van der Waals surface area contributed by atoms with E-state index < -0.39 is 10.8 Å². The highest BCUT2D eigenvalue weighted by Gasteiger charge is 2.13. The average Bonchev–Trinajstić information content (AvgIpc) is 2.62. The van der Waals surface area contributed by atoms with Gasteiger partial charge in [0.1, 0.15) is 5.02 Å². The third kappa shape index (κ3) is 4.97. The van der Waals surface area contributed by atoms with Crippen molar-refractivity contribution in [2.45, 2.75) is 6.92 Å². The van der Waals surface area contributed by atoms with Crippen molar-refractivity contribution in [1.82, 2.24) is 0 Å². The number of carbonyl (C=O) groups is 1. The van der Waals surface area contributed by atoms with E-state index in [1.165, 1.54) is 31.4 Å². The summed E-state index contributed by atoms with van der Waals surface area (Å²) in [6.07, 6.45) is 2.91. The monoisotopic (exact) mass is 376 g/mol. The molecule has 1 N–H and O–H groups in total. The van der Waals surface area contributed by atoms with E-state index in [-0.39, 0.29) is 16.4 Å². The van der Waals surface area contributed by atoms with Gasteiger partial charge < -0.3 is 14.8 Å². The maximum atomic E-state index is 12.0. The van der Waals surface area contributed by atoms with Crippen LogP contribution in [0.25, 0.3) is 6.08 Å². The third-order valence-electron chi connectivity index (χ3n) is 3.33. The van der Waals surface area contributed by atoms with Gasteiger partial charge in [0.05, 0.1) is 18.6 Å². The van der Waals surface area contributed by atoms with Crippen molar-refractivity contribution in [3.05, 3.63) is 63.2 Å². The fourth-order valence-electron chi connectivity index (χ4n) is 2.15. The van der Waals surface area contributed by atoms with Gasteiger partial charge in [-0.3, -0.25) is 14.9 Å². The Morgan fingerprint density at radius 2 is 2.04 bits per heavy atom. The van der Waals surface area contributed by atoms with Crippen molar-refractivity contribution < 1.29 is 19.2 Å². The van der Waals surface area contributed by atoms with Gasteiger partial charge in [-0.2, -0.15) is 0 Å². The molecule has 0 fully saturated rings. The summed E-state index contributed by atoms with van der Waals surface area (Å²) in [5.41, 5.74) is 0.743. The Morgan fingerprint density at radius 1 is 1.27 bits per heavy atom. The van der Waals surface area contributed by atoms with E-state index >= 15 is 0 Å². The Bertz CT molecular complexity index is 851. The lowest BCUT2D eigenvalue weighted by atomic mass is 10.2. The number of anilines is 1. The number of amides is 1. The van der Waals surface area contributed by atoms with E-state index in [4.69, 9.17) is 21.1 Å². The Hall–Kier alpha value is -3.06. The van der Waals surface area contributed by atoms with Crippen molar-refractivity contribution in [2.75, 3.05) is 19.0 Å². The minimum Gasteiger partial charge on any atom is -0.493 e. The van der Waals surface area contributed by atoms with Crippen molar-refractivity contribution in [3.8, 4) is 11.5 Å². The predicted octanol–water partition coefficient (Wildman–Crippen LogP) is 4.31. The molecular formula is C18H17ClN2O5. The first-order chi connectivity index (χ1) is 12.4. The number of nitrogens with zero attached hydrogens (tertiary/aromatic N) is 1. The van der Waals surface area contributed by atoms with Gasteiger partial charge in [-0.1, -0.05) is 17.7 Å². The molecule has 0 heterocycles. The summed E-state index contributed by atoms with van der Waals surface area (Å²) in [5.74, 6) is 0.738. The van der Waals surface area contributed by atoms with Gasteiger partial charge in [-0.15, -0.1) is 0 Å². The van der Waals surface area contributed by atoms with Crippen molar-refractivity contribution >= 4 is 35.0 Å². The van der Waals surface area contributed by atoms with E-state index in [9.17, 15) is 14.9 Å². The number of nitro benzene ring substituents is 1. The maximum Gasteiger partial charge on any atom is 0.289 e. The molecule has 0 atom stereocenters. The Balaban J connectivity index is 2.10. The van der Waals surface area contributed by atoms with E-state index in [0.29, 0.717) is 18.1 Å². The normalized spacial score (nSPS) is 10.6. The molecule has 0 aliphatic heterocycles. The van der Waals surface area contributed by atoms with Crippen LogP contribution in [0.3, 0.4) is 0 Å². The molecule has 0 spiro atoms. The van der Waals surface area contributed by atoms with E-state index in [1.807, 2.05) is 6.92 Å². The van der Waals surface area contributed by atoms with E-state index in [1.54, 1.807) is 24.3 Å². The van der Waals surface area contributed by atoms with Gasteiger partial charge in [-0.05, 0) is 42.8 Å². The largest absolute Gasteiger partial charge is 0.493 e. The topological polar surface area (TPSA) is 90.7 Å². The van der Waals surface area contributed by atoms with Crippen LogP contribution >= 0.6 is 11.6 Å². The fourth-order valence-corrected chi connectivity index (χ4v) is 2.34. The van der Waals surface area contributed by atoms with Crippen molar-refractivity contribution in [1.29, 1.82) is 0 Å². The van der Waals surface area contributed by atoms with Crippen LogP contribution in [0.5, 0.6) is 11.5 Å². The molecule has 0 aromatic heterocycles. The van der Waals surface area contributed by atoms with Crippen molar-refractivity contribution in [3.63, 3.8) is 0 Å². The van der Waals surface area contributed by atoms with Crippen LogP contribution in [0.4, 0.5) is 11.4 Å². The summed E-state index contributed by atoms with van der Waals surface area (Å²) >= 11 is 5.74. The van der Waals surface area contributed by atoms with Crippen LogP contribution in [0, 0.1) is 10.1 Å². The highest BCUT2D eigenvalue weighted by Crippen LogP contribution is 2.29. The molecule has 0 aliphatic carbocycles. The maximum absolute atomic E-state index is 12.0. The second kappa shape index (κ2) is 8.87. The van der Waals surface area contributed by atoms with Crippen LogP contribution in [-0.4, -0.2) is 24.5 Å². The van der Waals surface area contributed by atoms with Gasteiger partial charge in [0.25, 0.3) is 5.69 Å². The number of hydrogen-bond donors (Lipinski definition) is 1. The number of nitrogens with one attached hydrogen (secondary N) is 1. The van der Waals surface area contributed by atoms with Gasteiger partial charge in [-0.25, -0.2) is 0 Å². The molecule has 1 amide bonds. The zero-order valence-electron chi connectivity index (χ0n) is 14.2. The SMILES string of the molecule is CCOc1ccc(/C=C/C(=O)Nc2ccc(Cl)c([N+](=O)[O-])c2)cc1OC. The predicted molar refractivity (Wildman–Crippen MR) is 99.9 cm³/mol. The van der Waals surface area contributed by atoms with Crippen LogP contribution in [0.15, 0.2) is 42.5 Å². The van der Waals surface area contributed by atoms with Gasteiger partial charge in [0, 0.05) is 17.8 Å². The fraction of sp³-hybridized carbons (Fsp3) is 0.167. The van der Waals surface area contributed by atoms with Crippen molar-refractivity contribution in [2.24, 2.45) is 0 Å². The second-order valence-electron chi connectivity index (χ2n) is 5.09. The number of rotatable bonds is 7. The summed E-state index contributed by atoms with van der Waals surface area (Å²) < 4.78 is 10.7. The molecule has 2 rings (SSSR count). The van der Waals surface area contributed by atoms with E-state index in [0.717, 1.165) is 5.56 Å². The lowest BCUT2D eigenvalue weighted by molar-refractivity contribution is -0.384. The number of carbonyl (C=O) groups excluding carboxylic acids is 1. The molecule has 8 heteroatoms. The van der Waals surface area contributed by atoms with Gasteiger partial charge in [0.15, 0.2) is 11.5 Å². The quantitative estimate of drug-likeness (QED) is 0.441. The van der Waals surface area contributed by atoms with Gasteiger partial charge in [0.2, 0.25) is 5.91 Å². The smallest absolute Gasteiger partial charge is 0.289 e. The number of hydrogen-bond acceptors (Lipinski definition) is 5. The van der Waals surface area contributed by atoms with Crippen LogP contribution in [-0.2, 0) is 4.79 Å². The lowest BCUT2D eigenvalue weighted by Crippen LogP contribution is -2.08. The first-order valence-electron chi connectivity index (χ1n) is 7.68. The minimum atomic E-state index is -0.611. The molecule has 0 bridgehead atoms. The average molecular weight is 377 g/mol. The molecule has 2 aromatic rings. The third-order valence-corrected chi connectivity index (χ3v) is 3.64. The number of methoxy groups -OCH3 is 1. The van der Waals surface area contributed by atoms with Gasteiger partial charge >= 0.3 is 0 Å². The Morgan fingerprint density at radius 3 is 2.69 bits per heavy atom. The summed E-state index contributed by atoms with van der Waals surface area (Å²) in [6, 6.07) is 9.32. The summed E-state index contributed by atoms with van der Waals surface area (Å²) in [6.45, 7) is 2.39. The molecule has 0 saturated carbocycles. The molecule has 136 valence electrons. The lowest BCUT2D eigenvalue weighted by Gasteiger charge is -2.09.